The van der Waals surface area contributed by atoms with Crippen molar-refractivity contribution in [1.82, 2.24) is 9.97 Å². The molecule has 0 spiro atoms. The maximum atomic E-state index is 6.06. The minimum atomic E-state index is 0.365. The number of fused-ring (bicyclic) bond motifs is 1. The molecule has 0 aromatic carbocycles. The summed E-state index contributed by atoms with van der Waals surface area (Å²) in [5.74, 6) is 1.03. The molecule has 0 N–H and O–H groups in total. The lowest BCUT2D eigenvalue weighted by Gasteiger charge is -2.28. The predicted octanol–water partition coefficient (Wildman–Crippen LogP) is 3.95. The number of hydrogen-bond donors (Lipinski definition) is 0. The number of halogens is 1. The Morgan fingerprint density at radius 2 is 1.83 bits per heavy atom. The zero-order chi connectivity index (χ0) is 12.7. The minimum Gasteiger partial charge on any atom is -0.356 e. The van der Waals surface area contributed by atoms with Crippen LogP contribution in [0.1, 0.15) is 29.7 Å². The smallest absolute Gasteiger partial charge is 0.225 e. The highest BCUT2D eigenvalue weighted by molar-refractivity contribution is 7.18. The van der Waals surface area contributed by atoms with Crippen molar-refractivity contribution in [3.63, 3.8) is 0 Å². The average molecular weight is 282 g/mol. The average Bonchev–Trinajstić information content (AvgIpc) is 2.65. The number of piperidine rings is 1. The zero-order valence-corrected chi connectivity index (χ0v) is 12.2. The maximum Gasteiger partial charge on any atom is 0.225 e. The molecular weight excluding hydrogens is 266 g/mol. The number of thiophene rings is 1. The Morgan fingerprint density at radius 3 is 2.56 bits per heavy atom. The van der Waals surface area contributed by atoms with Crippen LogP contribution >= 0.6 is 22.9 Å². The van der Waals surface area contributed by atoms with E-state index in [0.29, 0.717) is 5.28 Å². The summed E-state index contributed by atoms with van der Waals surface area (Å²) in [5.41, 5.74) is 1.30. The van der Waals surface area contributed by atoms with Gasteiger partial charge in [-0.2, -0.15) is 4.98 Å². The molecule has 5 heteroatoms. The van der Waals surface area contributed by atoms with Crippen molar-refractivity contribution in [2.24, 2.45) is 0 Å². The molecular formula is C13H16ClN3S. The lowest BCUT2D eigenvalue weighted by Crippen LogP contribution is -2.30. The molecule has 0 atom stereocenters. The summed E-state index contributed by atoms with van der Waals surface area (Å²) in [7, 11) is 0. The largest absolute Gasteiger partial charge is 0.356 e. The van der Waals surface area contributed by atoms with E-state index in [1.807, 2.05) is 0 Å². The first-order valence-corrected chi connectivity index (χ1v) is 7.54. The number of nitrogens with zero attached hydrogens (tertiary/aromatic N) is 3. The van der Waals surface area contributed by atoms with Crippen LogP contribution in [0.4, 0.5) is 5.82 Å². The Balaban J connectivity index is 2.19. The van der Waals surface area contributed by atoms with Gasteiger partial charge >= 0.3 is 0 Å². The van der Waals surface area contributed by atoms with Gasteiger partial charge in [0.15, 0.2) is 0 Å². The molecule has 3 nitrogen and oxygen atoms in total. The van der Waals surface area contributed by atoms with E-state index in [2.05, 4.69) is 28.7 Å². The van der Waals surface area contributed by atoms with Crippen LogP contribution in [0.25, 0.3) is 10.2 Å². The highest BCUT2D eigenvalue weighted by atomic mass is 35.5. The summed E-state index contributed by atoms with van der Waals surface area (Å²) in [6, 6.07) is 0. The number of hydrogen-bond acceptors (Lipinski definition) is 4. The van der Waals surface area contributed by atoms with Gasteiger partial charge < -0.3 is 4.90 Å². The quantitative estimate of drug-likeness (QED) is 0.741. The second-order valence-electron chi connectivity index (χ2n) is 4.83. The first-order chi connectivity index (χ1) is 8.66. The third-order valence-corrected chi connectivity index (χ3v) is 4.91. The fourth-order valence-corrected chi connectivity index (χ4v) is 3.78. The third-order valence-electron chi connectivity index (χ3n) is 3.64. The van der Waals surface area contributed by atoms with E-state index in [1.54, 1.807) is 11.3 Å². The van der Waals surface area contributed by atoms with Crippen LogP contribution in [0.15, 0.2) is 0 Å². The van der Waals surface area contributed by atoms with E-state index in [-0.39, 0.29) is 0 Å². The third kappa shape index (κ3) is 1.97. The van der Waals surface area contributed by atoms with Crippen LogP contribution in [-0.4, -0.2) is 23.1 Å². The predicted molar refractivity (Wildman–Crippen MR) is 78.0 cm³/mol. The lowest BCUT2D eigenvalue weighted by molar-refractivity contribution is 0.574. The van der Waals surface area contributed by atoms with Crippen molar-refractivity contribution in [3.8, 4) is 0 Å². The minimum absolute atomic E-state index is 0.365. The Kier molecular flexibility index (Phi) is 3.16. The molecule has 0 saturated carbocycles. The molecule has 0 aliphatic carbocycles. The Morgan fingerprint density at radius 1 is 1.11 bits per heavy atom. The van der Waals surface area contributed by atoms with Crippen LogP contribution in [0.2, 0.25) is 5.28 Å². The molecule has 2 aromatic rings. The van der Waals surface area contributed by atoms with Gasteiger partial charge in [0.2, 0.25) is 5.28 Å². The van der Waals surface area contributed by atoms with Gasteiger partial charge in [0, 0.05) is 18.0 Å². The van der Waals surface area contributed by atoms with Gasteiger partial charge in [-0.3, -0.25) is 0 Å². The van der Waals surface area contributed by atoms with E-state index < -0.39 is 0 Å². The Labute approximate surface area is 116 Å². The van der Waals surface area contributed by atoms with E-state index in [9.17, 15) is 0 Å². The highest BCUT2D eigenvalue weighted by Gasteiger charge is 2.20. The number of aryl methyl sites for hydroxylation is 2. The summed E-state index contributed by atoms with van der Waals surface area (Å²) in [4.78, 5) is 13.5. The first kappa shape index (κ1) is 12.2. The SMILES string of the molecule is Cc1sc2nc(Cl)nc(N3CCCCC3)c2c1C. The van der Waals surface area contributed by atoms with Crippen molar-refractivity contribution in [3.05, 3.63) is 15.7 Å². The number of rotatable bonds is 1. The second kappa shape index (κ2) is 4.67. The van der Waals surface area contributed by atoms with Crippen molar-refractivity contribution >= 4 is 39.0 Å². The summed E-state index contributed by atoms with van der Waals surface area (Å²) in [5, 5.41) is 1.56. The van der Waals surface area contributed by atoms with Gasteiger partial charge in [-0.25, -0.2) is 4.98 Å². The molecule has 0 bridgehead atoms. The zero-order valence-electron chi connectivity index (χ0n) is 10.7. The van der Waals surface area contributed by atoms with E-state index in [4.69, 9.17) is 11.6 Å². The van der Waals surface area contributed by atoms with Crippen molar-refractivity contribution in [2.45, 2.75) is 33.1 Å². The van der Waals surface area contributed by atoms with E-state index in [1.165, 1.54) is 35.1 Å². The molecule has 3 rings (SSSR count). The van der Waals surface area contributed by atoms with Gasteiger partial charge in [0.25, 0.3) is 0 Å². The Bertz CT molecular complexity index is 587. The lowest BCUT2D eigenvalue weighted by atomic mass is 10.1. The molecule has 1 fully saturated rings. The van der Waals surface area contributed by atoms with Gasteiger partial charge in [0.1, 0.15) is 10.6 Å². The monoisotopic (exact) mass is 281 g/mol. The molecule has 18 heavy (non-hydrogen) atoms. The fraction of sp³-hybridized carbons (Fsp3) is 0.538. The van der Waals surface area contributed by atoms with Crippen molar-refractivity contribution < 1.29 is 0 Å². The number of aromatic nitrogens is 2. The van der Waals surface area contributed by atoms with Crippen molar-refractivity contribution in [2.75, 3.05) is 18.0 Å². The Hall–Kier alpha value is -0.870. The molecule has 1 aliphatic rings. The molecule has 0 unspecified atom stereocenters. The van der Waals surface area contributed by atoms with Crippen LogP contribution in [0, 0.1) is 13.8 Å². The molecule has 0 amide bonds. The molecule has 1 aliphatic heterocycles. The standard InChI is InChI=1S/C13H16ClN3S/c1-8-9(2)18-12-10(8)11(15-13(14)16-12)17-6-4-3-5-7-17/h3-7H2,1-2H3. The van der Waals surface area contributed by atoms with Crippen molar-refractivity contribution in [1.29, 1.82) is 0 Å². The van der Waals surface area contributed by atoms with Crippen LogP contribution in [0.5, 0.6) is 0 Å². The topological polar surface area (TPSA) is 29.0 Å². The fourth-order valence-electron chi connectivity index (χ4n) is 2.54. The number of anilines is 1. The summed E-state index contributed by atoms with van der Waals surface area (Å²) in [6.07, 6.45) is 3.80. The van der Waals surface area contributed by atoms with Crippen LogP contribution in [0.3, 0.4) is 0 Å². The summed E-state index contributed by atoms with van der Waals surface area (Å²) >= 11 is 7.77. The molecule has 2 aromatic heterocycles. The van der Waals surface area contributed by atoms with E-state index in [0.717, 1.165) is 23.7 Å². The first-order valence-electron chi connectivity index (χ1n) is 6.35. The molecule has 96 valence electrons. The van der Waals surface area contributed by atoms with Crippen LogP contribution < -0.4 is 4.90 Å². The van der Waals surface area contributed by atoms with Crippen LogP contribution in [-0.2, 0) is 0 Å². The van der Waals surface area contributed by atoms with Gasteiger partial charge in [-0.05, 0) is 50.3 Å². The molecule has 1 saturated heterocycles. The normalized spacial score (nSPS) is 16.5. The molecule has 3 heterocycles. The maximum absolute atomic E-state index is 6.06. The summed E-state index contributed by atoms with van der Waals surface area (Å²) in [6.45, 7) is 6.45. The molecule has 0 radical (unpaired) electrons. The second-order valence-corrected chi connectivity index (χ2v) is 6.37. The highest BCUT2D eigenvalue weighted by Crippen LogP contribution is 2.36. The van der Waals surface area contributed by atoms with E-state index >= 15 is 0 Å². The van der Waals surface area contributed by atoms with Gasteiger partial charge in [-0.15, -0.1) is 11.3 Å². The summed E-state index contributed by atoms with van der Waals surface area (Å²) < 4.78 is 0. The van der Waals surface area contributed by atoms with Gasteiger partial charge in [0.05, 0.1) is 5.39 Å². The van der Waals surface area contributed by atoms with Gasteiger partial charge in [-0.1, -0.05) is 0 Å².